The third-order valence-corrected chi connectivity index (χ3v) is 3.30. The van der Waals surface area contributed by atoms with Crippen LogP contribution in [0.4, 0.5) is 16.2 Å². The Morgan fingerprint density at radius 2 is 1.94 bits per heavy atom. The van der Waals surface area contributed by atoms with Gasteiger partial charge in [0.25, 0.3) is 0 Å². The Morgan fingerprint density at radius 3 is 2.50 bits per heavy atom. The van der Waals surface area contributed by atoms with Gasteiger partial charge in [-0.15, -0.1) is 0 Å². The fourth-order valence-electron chi connectivity index (χ4n) is 2.12. The Kier molecular flexibility index (Phi) is 3.96. The van der Waals surface area contributed by atoms with Crippen molar-refractivity contribution in [2.75, 3.05) is 43.4 Å². The van der Waals surface area contributed by atoms with E-state index in [-0.39, 0.29) is 5.82 Å². The summed E-state index contributed by atoms with van der Waals surface area (Å²) in [6.45, 7) is 8.15. The predicted molar refractivity (Wildman–Crippen MR) is 70.5 cm³/mol. The zero-order valence-corrected chi connectivity index (χ0v) is 11.1. The van der Waals surface area contributed by atoms with Crippen molar-refractivity contribution >= 4 is 11.8 Å². The minimum Gasteiger partial charge on any atom is -0.371 e. The van der Waals surface area contributed by atoms with Gasteiger partial charge in [-0.3, -0.25) is 4.90 Å². The molecule has 6 heteroatoms. The normalized spacial score (nSPS) is 17.3. The average Bonchev–Trinajstić information content (AvgIpc) is 2.39. The van der Waals surface area contributed by atoms with Crippen LogP contribution >= 0.6 is 0 Å². The number of piperazine rings is 1. The second-order valence-corrected chi connectivity index (χ2v) is 4.73. The first-order valence-corrected chi connectivity index (χ1v) is 6.31. The van der Waals surface area contributed by atoms with Gasteiger partial charge in [0.1, 0.15) is 0 Å². The van der Waals surface area contributed by atoms with Gasteiger partial charge in [0.05, 0.1) is 6.20 Å². The molecule has 1 saturated heterocycles. The van der Waals surface area contributed by atoms with Crippen molar-refractivity contribution in [1.29, 1.82) is 0 Å². The molecule has 0 saturated carbocycles. The summed E-state index contributed by atoms with van der Waals surface area (Å²) in [7, 11) is 1.66. The van der Waals surface area contributed by atoms with Gasteiger partial charge in [-0.2, -0.15) is 4.98 Å². The maximum absolute atomic E-state index is 13.3. The first-order chi connectivity index (χ1) is 8.61. The van der Waals surface area contributed by atoms with Crippen molar-refractivity contribution < 1.29 is 4.39 Å². The van der Waals surface area contributed by atoms with E-state index in [1.807, 2.05) is 0 Å². The SMILES string of the molecule is CNc1nc(N2CCN(C(C)C)CC2)ncc1F. The van der Waals surface area contributed by atoms with E-state index in [9.17, 15) is 4.39 Å². The van der Waals surface area contributed by atoms with Gasteiger partial charge in [-0.1, -0.05) is 0 Å². The van der Waals surface area contributed by atoms with Gasteiger partial charge in [0, 0.05) is 39.3 Å². The summed E-state index contributed by atoms with van der Waals surface area (Å²) in [6, 6.07) is 0.564. The molecule has 0 amide bonds. The van der Waals surface area contributed by atoms with Crippen LogP contribution in [0, 0.1) is 5.82 Å². The maximum atomic E-state index is 13.3. The molecular formula is C12H20FN5. The van der Waals surface area contributed by atoms with Crippen LogP contribution in [-0.2, 0) is 0 Å². The number of halogens is 1. The number of nitrogens with one attached hydrogen (secondary N) is 1. The van der Waals surface area contributed by atoms with Crippen LogP contribution in [0.15, 0.2) is 6.20 Å². The van der Waals surface area contributed by atoms with Crippen LogP contribution < -0.4 is 10.2 Å². The smallest absolute Gasteiger partial charge is 0.227 e. The monoisotopic (exact) mass is 253 g/mol. The Bertz CT molecular complexity index is 401. The Hall–Kier alpha value is -1.43. The van der Waals surface area contributed by atoms with E-state index in [4.69, 9.17) is 0 Å². The first-order valence-electron chi connectivity index (χ1n) is 6.31. The molecule has 1 aromatic rings. The number of rotatable bonds is 3. The van der Waals surface area contributed by atoms with Gasteiger partial charge in [-0.25, -0.2) is 9.37 Å². The highest BCUT2D eigenvalue weighted by Gasteiger charge is 2.21. The molecule has 0 bridgehead atoms. The summed E-state index contributed by atoms with van der Waals surface area (Å²) < 4.78 is 13.3. The lowest BCUT2D eigenvalue weighted by Gasteiger charge is -2.36. The number of hydrogen-bond acceptors (Lipinski definition) is 5. The van der Waals surface area contributed by atoms with Crippen molar-refractivity contribution in [3.05, 3.63) is 12.0 Å². The minimum atomic E-state index is -0.415. The van der Waals surface area contributed by atoms with Crippen molar-refractivity contribution in [2.24, 2.45) is 0 Å². The largest absolute Gasteiger partial charge is 0.371 e. The highest BCUT2D eigenvalue weighted by atomic mass is 19.1. The highest BCUT2D eigenvalue weighted by Crippen LogP contribution is 2.16. The molecule has 1 fully saturated rings. The quantitative estimate of drug-likeness (QED) is 0.876. The van der Waals surface area contributed by atoms with Crippen molar-refractivity contribution in [3.8, 4) is 0 Å². The van der Waals surface area contributed by atoms with E-state index in [1.54, 1.807) is 7.05 Å². The molecule has 0 radical (unpaired) electrons. The van der Waals surface area contributed by atoms with E-state index in [0.29, 0.717) is 12.0 Å². The Morgan fingerprint density at radius 1 is 1.28 bits per heavy atom. The van der Waals surface area contributed by atoms with E-state index >= 15 is 0 Å². The number of hydrogen-bond donors (Lipinski definition) is 1. The lowest BCUT2D eigenvalue weighted by molar-refractivity contribution is 0.208. The highest BCUT2D eigenvalue weighted by molar-refractivity contribution is 5.42. The fourth-order valence-corrected chi connectivity index (χ4v) is 2.12. The maximum Gasteiger partial charge on any atom is 0.227 e. The molecule has 1 aromatic heterocycles. The molecule has 0 aromatic carbocycles. The second kappa shape index (κ2) is 5.48. The third kappa shape index (κ3) is 2.69. The molecule has 0 aliphatic carbocycles. The molecule has 5 nitrogen and oxygen atoms in total. The van der Waals surface area contributed by atoms with E-state index in [2.05, 4.69) is 38.9 Å². The molecule has 1 N–H and O–H groups in total. The van der Waals surface area contributed by atoms with E-state index in [0.717, 1.165) is 26.2 Å². The topological polar surface area (TPSA) is 44.3 Å². The molecule has 0 atom stereocenters. The van der Waals surface area contributed by atoms with Crippen molar-refractivity contribution in [2.45, 2.75) is 19.9 Å². The molecule has 18 heavy (non-hydrogen) atoms. The summed E-state index contributed by atoms with van der Waals surface area (Å²) in [5, 5.41) is 2.74. The summed E-state index contributed by atoms with van der Waals surface area (Å²) >= 11 is 0. The first kappa shape index (κ1) is 13.0. The van der Waals surface area contributed by atoms with Gasteiger partial charge in [-0.05, 0) is 13.8 Å². The number of anilines is 2. The Labute approximate surface area is 107 Å². The standard InChI is InChI=1S/C12H20FN5/c1-9(2)17-4-6-18(7-5-17)12-15-8-10(13)11(14-3)16-12/h8-9H,4-7H2,1-3H3,(H,14,15,16). The van der Waals surface area contributed by atoms with E-state index in [1.165, 1.54) is 6.20 Å². The minimum absolute atomic E-state index is 0.256. The third-order valence-electron chi connectivity index (χ3n) is 3.30. The molecule has 100 valence electrons. The summed E-state index contributed by atoms with van der Waals surface area (Å²) in [5.41, 5.74) is 0. The van der Waals surface area contributed by atoms with Crippen LogP contribution in [0.25, 0.3) is 0 Å². The lowest BCUT2D eigenvalue weighted by Crippen LogP contribution is -2.49. The molecule has 0 spiro atoms. The van der Waals surface area contributed by atoms with Crippen LogP contribution in [0.1, 0.15) is 13.8 Å². The summed E-state index contributed by atoms with van der Waals surface area (Å²) in [6.07, 6.45) is 1.23. The van der Waals surface area contributed by atoms with Crippen LogP contribution in [-0.4, -0.2) is 54.1 Å². The molecule has 0 unspecified atom stereocenters. The van der Waals surface area contributed by atoms with Crippen LogP contribution in [0.3, 0.4) is 0 Å². The predicted octanol–water partition coefficient (Wildman–Crippen LogP) is 1.19. The van der Waals surface area contributed by atoms with Crippen LogP contribution in [0.2, 0.25) is 0 Å². The molecular weight excluding hydrogens is 233 g/mol. The van der Waals surface area contributed by atoms with E-state index < -0.39 is 5.82 Å². The van der Waals surface area contributed by atoms with Gasteiger partial charge in [0.2, 0.25) is 5.95 Å². The number of nitrogens with zero attached hydrogens (tertiary/aromatic N) is 4. The number of aromatic nitrogens is 2. The van der Waals surface area contributed by atoms with Gasteiger partial charge < -0.3 is 10.2 Å². The summed E-state index contributed by atoms with van der Waals surface area (Å²) in [5.74, 6) is 0.442. The van der Waals surface area contributed by atoms with Crippen molar-refractivity contribution in [1.82, 2.24) is 14.9 Å². The second-order valence-electron chi connectivity index (χ2n) is 4.73. The van der Waals surface area contributed by atoms with Crippen molar-refractivity contribution in [3.63, 3.8) is 0 Å². The van der Waals surface area contributed by atoms with Crippen LogP contribution in [0.5, 0.6) is 0 Å². The Balaban J connectivity index is 2.05. The molecule has 1 aliphatic heterocycles. The molecule has 2 rings (SSSR count). The fraction of sp³-hybridized carbons (Fsp3) is 0.667. The molecule has 2 heterocycles. The summed E-state index contributed by atoms with van der Waals surface area (Å²) in [4.78, 5) is 12.8. The molecule has 1 aliphatic rings. The zero-order chi connectivity index (χ0) is 13.1. The zero-order valence-electron chi connectivity index (χ0n) is 11.1. The van der Waals surface area contributed by atoms with Gasteiger partial charge >= 0.3 is 0 Å². The average molecular weight is 253 g/mol. The van der Waals surface area contributed by atoms with Gasteiger partial charge in [0.15, 0.2) is 11.6 Å². The lowest BCUT2D eigenvalue weighted by atomic mass is 10.2.